The van der Waals surface area contributed by atoms with Crippen LogP contribution in [0.1, 0.15) is 30.5 Å². The van der Waals surface area contributed by atoms with E-state index < -0.39 is 0 Å². The van der Waals surface area contributed by atoms with Gasteiger partial charge in [-0.25, -0.2) is 0 Å². The smallest absolute Gasteiger partial charge is 0.227 e. The van der Waals surface area contributed by atoms with Crippen LogP contribution in [0.2, 0.25) is 0 Å². The molecule has 0 aromatic heterocycles. The highest BCUT2D eigenvalue weighted by molar-refractivity contribution is 5.80. The van der Waals surface area contributed by atoms with Crippen molar-refractivity contribution in [3.8, 4) is 17.2 Å². The predicted molar refractivity (Wildman–Crippen MR) is 99.9 cm³/mol. The topological polar surface area (TPSA) is 56.8 Å². The fourth-order valence-electron chi connectivity index (χ4n) is 3.27. The summed E-state index contributed by atoms with van der Waals surface area (Å²) in [6.45, 7) is 2.42. The second-order valence-corrected chi connectivity index (χ2v) is 6.40. The minimum Gasteiger partial charge on any atom is -0.497 e. The second-order valence-electron chi connectivity index (χ2n) is 6.40. The third kappa shape index (κ3) is 3.77. The van der Waals surface area contributed by atoms with Crippen molar-refractivity contribution in [2.24, 2.45) is 5.92 Å². The van der Waals surface area contributed by atoms with Crippen molar-refractivity contribution in [1.82, 2.24) is 5.32 Å². The molecule has 2 aromatic rings. The monoisotopic (exact) mass is 355 g/mol. The Morgan fingerprint density at radius 3 is 2.62 bits per heavy atom. The van der Waals surface area contributed by atoms with E-state index in [1.165, 1.54) is 0 Å². The zero-order chi connectivity index (χ0) is 18.5. The molecule has 26 heavy (non-hydrogen) atoms. The average molecular weight is 355 g/mol. The summed E-state index contributed by atoms with van der Waals surface area (Å²) in [5.74, 6) is 2.08. The van der Waals surface area contributed by atoms with E-state index in [-0.39, 0.29) is 17.9 Å². The van der Waals surface area contributed by atoms with Gasteiger partial charge >= 0.3 is 0 Å². The minimum atomic E-state index is -0.207. The highest BCUT2D eigenvalue weighted by Crippen LogP contribution is 2.36. The van der Waals surface area contributed by atoms with Crippen LogP contribution in [0.25, 0.3) is 0 Å². The normalized spacial score (nSPS) is 16.8. The van der Waals surface area contributed by atoms with Crippen LogP contribution in [0.4, 0.5) is 0 Å². The number of carbonyl (C=O) groups excluding carboxylic acids is 1. The minimum absolute atomic E-state index is 0.0149. The van der Waals surface area contributed by atoms with Gasteiger partial charge in [0.1, 0.15) is 12.4 Å². The number of carbonyl (C=O) groups is 1. The molecule has 0 radical (unpaired) electrons. The van der Waals surface area contributed by atoms with Crippen LogP contribution in [-0.4, -0.2) is 26.7 Å². The first-order chi connectivity index (χ1) is 12.7. The Bertz CT molecular complexity index is 757. The van der Waals surface area contributed by atoms with E-state index in [2.05, 4.69) is 12.2 Å². The molecule has 5 heteroatoms. The van der Waals surface area contributed by atoms with Crippen molar-refractivity contribution < 1.29 is 19.0 Å². The van der Waals surface area contributed by atoms with Gasteiger partial charge in [0.15, 0.2) is 11.5 Å². The van der Waals surface area contributed by atoms with Gasteiger partial charge in [0.25, 0.3) is 0 Å². The fourth-order valence-corrected chi connectivity index (χ4v) is 3.27. The number of amides is 1. The lowest BCUT2D eigenvalue weighted by Crippen LogP contribution is -2.39. The molecule has 2 unspecified atom stereocenters. The van der Waals surface area contributed by atoms with E-state index in [1.807, 2.05) is 42.5 Å². The van der Waals surface area contributed by atoms with Crippen molar-refractivity contribution in [2.45, 2.75) is 25.8 Å². The lowest BCUT2D eigenvalue weighted by molar-refractivity contribution is -0.127. The third-order valence-corrected chi connectivity index (χ3v) is 4.79. The summed E-state index contributed by atoms with van der Waals surface area (Å²) in [6.07, 6.45) is 1.47. The highest BCUT2D eigenvalue weighted by atomic mass is 16.5. The summed E-state index contributed by atoms with van der Waals surface area (Å²) in [5.41, 5.74) is 2.08. The van der Waals surface area contributed by atoms with Gasteiger partial charge in [0.2, 0.25) is 5.91 Å². The van der Waals surface area contributed by atoms with E-state index in [1.54, 1.807) is 14.2 Å². The number of hydrogen-bond donors (Lipinski definition) is 1. The van der Waals surface area contributed by atoms with Crippen molar-refractivity contribution in [1.29, 1.82) is 0 Å². The maximum absolute atomic E-state index is 12.8. The molecular formula is C21H25NO4. The van der Waals surface area contributed by atoms with Crippen LogP contribution in [0.15, 0.2) is 42.5 Å². The molecule has 2 atom stereocenters. The van der Waals surface area contributed by atoms with E-state index in [0.29, 0.717) is 18.8 Å². The largest absolute Gasteiger partial charge is 0.497 e. The van der Waals surface area contributed by atoms with E-state index >= 15 is 0 Å². The molecule has 1 heterocycles. The Hall–Kier alpha value is -2.69. The number of ether oxygens (including phenoxy) is 3. The molecule has 0 saturated heterocycles. The first-order valence-electron chi connectivity index (χ1n) is 8.89. The summed E-state index contributed by atoms with van der Waals surface area (Å²) in [5, 5.41) is 3.16. The number of hydrogen-bond acceptors (Lipinski definition) is 4. The Kier molecular flexibility index (Phi) is 5.66. The molecule has 1 aliphatic rings. The number of nitrogens with one attached hydrogen (secondary N) is 1. The maximum Gasteiger partial charge on any atom is 0.227 e. The first kappa shape index (κ1) is 18.1. The zero-order valence-corrected chi connectivity index (χ0v) is 15.5. The summed E-state index contributed by atoms with van der Waals surface area (Å²) in [4.78, 5) is 12.8. The van der Waals surface area contributed by atoms with Gasteiger partial charge in [0, 0.05) is 0 Å². The molecule has 5 nitrogen and oxygen atoms in total. The van der Waals surface area contributed by atoms with Gasteiger partial charge in [-0.2, -0.15) is 0 Å². The highest BCUT2D eigenvalue weighted by Gasteiger charge is 2.29. The van der Waals surface area contributed by atoms with Crippen LogP contribution in [0.3, 0.4) is 0 Å². The molecule has 2 aromatic carbocycles. The van der Waals surface area contributed by atoms with Crippen LogP contribution in [0, 0.1) is 5.92 Å². The molecule has 0 saturated carbocycles. The van der Waals surface area contributed by atoms with Gasteiger partial charge in [0.05, 0.1) is 26.2 Å². The van der Waals surface area contributed by atoms with Crippen molar-refractivity contribution in [3.63, 3.8) is 0 Å². The molecule has 1 aliphatic heterocycles. The number of rotatable bonds is 6. The quantitative estimate of drug-likeness (QED) is 0.861. The molecule has 0 spiro atoms. The SMILES string of the molecule is CCC(NC(=O)C1COc2c(cccc2OC)C1)c1ccc(OC)cc1. The molecule has 0 bridgehead atoms. The summed E-state index contributed by atoms with van der Waals surface area (Å²) in [7, 11) is 3.27. The second kappa shape index (κ2) is 8.13. The Labute approximate surface area is 154 Å². The van der Waals surface area contributed by atoms with Crippen molar-refractivity contribution >= 4 is 5.91 Å². The molecule has 0 aliphatic carbocycles. The van der Waals surface area contributed by atoms with Gasteiger partial charge < -0.3 is 19.5 Å². The van der Waals surface area contributed by atoms with Gasteiger partial charge in [-0.15, -0.1) is 0 Å². The molecule has 0 fully saturated rings. The standard InChI is InChI=1S/C21H25NO4/c1-4-18(14-8-10-17(24-2)11-9-14)22-21(23)16-12-15-6-5-7-19(25-3)20(15)26-13-16/h5-11,16,18H,4,12-13H2,1-3H3,(H,22,23). The van der Waals surface area contributed by atoms with E-state index in [4.69, 9.17) is 14.2 Å². The Balaban J connectivity index is 1.68. The van der Waals surface area contributed by atoms with E-state index in [9.17, 15) is 4.79 Å². The lowest BCUT2D eigenvalue weighted by Gasteiger charge is -2.27. The average Bonchev–Trinajstić information content (AvgIpc) is 2.71. The Morgan fingerprint density at radius 1 is 1.19 bits per heavy atom. The van der Waals surface area contributed by atoms with Crippen LogP contribution in [-0.2, 0) is 11.2 Å². The summed E-state index contributed by atoms with van der Waals surface area (Å²) in [6, 6.07) is 13.6. The third-order valence-electron chi connectivity index (χ3n) is 4.79. The van der Waals surface area contributed by atoms with Crippen molar-refractivity contribution in [2.75, 3.05) is 20.8 Å². The number of para-hydroxylation sites is 1. The van der Waals surface area contributed by atoms with Gasteiger partial charge in [-0.1, -0.05) is 31.2 Å². The van der Waals surface area contributed by atoms with Crippen LogP contribution < -0.4 is 19.5 Å². The van der Waals surface area contributed by atoms with Crippen molar-refractivity contribution in [3.05, 3.63) is 53.6 Å². The lowest BCUT2D eigenvalue weighted by atomic mass is 9.94. The van der Waals surface area contributed by atoms with Gasteiger partial charge in [-0.3, -0.25) is 4.79 Å². The fraction of sp³-hybridized carbons (Fsp3) is 0.381. The maximum atomic E-state index is 12.8. The Morgan fingerprint density at radius 2 is 1.96 bits per heavy atom. The molecule has 138 valence electrons. The number of benzene rings is 2. The molecule has 1 amide bonds. The summed E-state index contributed by atoms with van der Waals surface area (Å²) < 4.78 is 16.4. The summed E-state index contributed by atoms with van der Waals surface area (Å²) >= 11 is 0. The molecule has 3 rings (SSSR count). The number of fused-ring (bicyclic) bond motifs is 1. The van der Waals surface area contributed by atoms with Crippen LogP contribution >= 0.6 is 0 Å². The predicted octanol–water partition coefficient (Wildman–Crippen LogP) is 3.52. The van der Waals surface area contributed by atoms with E-state index in [0.717, 1.165) is 29.0 Å². The molecular weight excluding hydrogens is 330 g/mol. The van der Waals surface area contributed by atoms with Gasteiger partial charge in [-0.05, 0) is 42.2 Å². The van der Waals surface area contributed by atoms with Crippen LogP contribution in [0.5, 0.6) is 17.2 Å². The molecule has 1 N–H and O–H groups in total. The first-order valence-corrected chi connectivity index (χ1v) is 8.89. The number of methoxy groups -OCH3 is 2. The zero-order valence-electron chi connectivity index (χ0n) is 15.5.